The number of rotatable bonds is 6. The van der Waals surface area contributed by atoms with E-state index in [-0.39, 0.29) is 6.09 Å². The van der Waals surface area contributed by atoms with Crippen molar-refractivity contribution < 1.29 is 9.53 Å². The molecule has 158 valence electrons. The Balaban J connectivity index is 1.46. The Labute approximate surface area is 174 Å². The molecular weight excluding hydrogens is 384 g/mol. The number of anilines is 2. The summed E-state index contributed by atoms with van der Waals surface area (Å²) < 4.78 is 6.94. The van der Waals surface area contributed by atoms with Crippen LogP contribution in [0.25, 0.3) is 11.2 Å². The summed E-state index contributed by atoms with van der Waals surface area (Å²) >= 11 is 0. The molecule has 0 saturated carbocycles. The van der Waals surface area contributed by atoms with E-state index in [0.29, 0.717) is 51.1 Å². The van der Waals surface area contributed by atoms with Gasteiger partial charge in [0.2, 0.25) is 5.95 Å². The van der Waals surface area contributed by atoms with Crippen molar-refractivity contribution in [2.75, 3.05) is 43.5 Å². The van der Waals surface area contributed by atoms with Gasteiger partial charge in [-0.15, -0.1) is 0 Å². The quantitative estimate of drug-likeness (QED) is 0.637. The Kier molecular flexibility index (Phi) is 5.94. The average Bonchev–Trinajstić information content (AvgIpc) is 3.14. The van der Waals surface area contributed by atoms with Crippen molar-refractivity contribution in [3.8, 4) is 0 Å². The average molecular weight is 410 g/mol. The predicted octanol–water partition coefficient (Wildman–Crippen LogP) is 2.08. The Bertz CT molecular complexity index is 999. The van der Waals surface area contributed by atoms with Gasteiger partial charge in [-0.1, -0.05) is 30.3 Å². The fourth-order valence-corrected chi connectivity index (χ4v) is 3.32. The van der Waals surface area contributed by atoms with E-state index in [4.69, 9.17) is 4.74 Å². The van der Waals surface area contributed by atoms with Crippen LogP contribution < -0.4 is 10.7 Å². The third-order valence-electron chi connectivity index (χ3n) is 4.93. The second-order valence-electron chi connectivity index (χ2n) is 7.05. The normalized spacial score (nSPS) is 14.7. The first-order chi connectivity index (χ1) is 14.6. The second kappa shape index (κ2) is 8.95. The van der Waals surface area contributed by atoms with Crippen LogP contribution in [0.4, 0.5) is 16.6 Å². The molecule has 1 aromatic carbocycles. The minimum Gasteiger partial charge on any atom is -0.450 e. The highest BCUT2D eigenvalue weighted by Gasteiger charge is 2.23. The van der Waals surface area contributed by atoms with Gasteiger partial charge in [0.1, 0.15) is 0 Å². The standard InChI is InChI=1S/C20H26N8O2/c1-3-30-20(29)27-9-11-28(12-10-27)25-19-23-17(16-18(24-19)26(2)14-22-16)21-13-15-7-5-4-6-8-15/h4-8,14H,3,9-13H2,1-2H3,(H2,21,23,24,25). The molecule has 3 heterocycles. The molecule has 2 aromatic heterocycles. The van der Waals surface area contributed by atoms with Crippen molar-refractivity contribution in [3.63, 3.8) is 0 Å². The molecule has 10 nitrogen and oxygen atoms in total. The number of piperazine rings is 1. The maximum Gasteiger partial charge on any atom is 0.409 e. The monoisotopic (exact) mass is 410 g/mol. The molecule has 1 aliphatic heterocycles. The van der Waals surface area contributed by atoms with Crippen molar-refractivity contribution >= 4 is 29.0 Å². The minimum atomic E-state index is -0.267. The maximum absolute atomic E-state index is 11.9. The molecule has 0 atom stereocenters. The smallest absolute Gasteiger partial charge is 0.409 e. The number of benzene rings is 1. The Hall–Kier alpha value is -3.40. The number of aryl methyl sites for hydroxylation is 1. The summed E-state index contributed by atoms with van der Waals surface area (Å²) in [5.74, 6) is 1.17. The Morgan fingerprint density at radius 3 is 2.63 bits per heavy atom. The SMILES string of the molecule is CCOC(=O)N1CCN(Nc2nc(NCc3ccccc3)c3ncn(C)c3n2)CC1. The molecule has 1 fully saturated rings. The third kappa shape index (κ3) is 4.43. The van der Waals surface area contributed by atoms with E-state index in [9.17, 15) is 4.79 Å². The van der Waals surface area contributed by atoms with E-state index in [0.717, 1.165) is 16.7 Å². The third-order valence-corrected chi connectivity index (χ3v) is 4.93. The fourth-order valence-electron chi connectivity index (χ4n) is 3.32. The summed E-state index contributed by atoms with van der Waals surface area (Å²) in [4.78, 5) is 27.3. The number of ether oxygens (including phenoxy) is 1. The molecule has 0 radical (unpaired) electrons. The molecule has 1 aliphatic rings. The number of fused-ring (bicyclic) bond motifs is 1. The summed E-state index contributed by atoms with van der Waals surface area (Å²) in [6.07, 6.45) is 1.46. The lowest BCUT2D eigenvalue weighted by molar-refractivity contribution is 0.0851. The highest BCUT2D eigenvalue weighted by Crippen LogP contribution is 2.21. The van der Waals surface area contributed by atoms with Crippen LogP contribution in [0.5, 0.6) is 0 Å². The number of hydrogen-bond acceptors (Lipinski definition) is 8. The van der Waals surface area contributed by atoms with E-state index >= 15 is 0 Å². The van der Waals surface area contributed by atoms with E-state index in [1.807, 2.05) is 41.7 Å². The van der Waals surface area contributed by atoms with Crippen LogP contribution >= 0.6 is 0 Å². The van der Waals surface area contributed by atoms with E-state index in [1.54, 1.807) is 11.2 Å². The van der Waals surface area contributed by atoms with Gasteiger partial charge in [0.25, 0.3) is 0 Å². The number of imidazole rings is 1. The lowest BCUT2D eigenvalue weighted by Gasteiger charge is -2.33. The molecular formula is C20H26N8O2. The second-order valence-corrected chi connectivity index (χ2v) is 7.05. The molecule has 0 bridgehead atoms. The summed E-state index contributed by atoms with van der Waals surface area (Å²) in [7, 11) is 1.91. The van der Waals surface area contributed by atoms with Crippen LogP contribution in [0.2, 0.25) is 0 Å². The van der Waals surface area contributed by atoms with Crippen LogP contribution in [0, 0.1) is 0 Å². The molecule has 10 heteroatoms. The van der Waals surface area contributed by atoms with Gasteiger partial charge in [0.15, 0.2) is 17.0 Å². The van der Waals surface area contributed by atoms with Gasteiger partial charge in [-0.25, -0.2) is 14.8 Å². The van der Waals surface area contributed by atoms with Gasteiger partial charge in [-0.05, 0) is 12.5 Å². The van der Waals surface area contributed by atoms with Crippen LogP contribution in [0.1, 0.15) is 12.5 Å². The molecule has 3 aromatic rings. The first kappa shape index (κ1) is 19.9. The van der Waals surface area contributed by atoms with E-state index in [2.05, 4.69) is 37.8 Å². The maximum atomic E-state index is 11.9. The molecule has 0 unspecified atom stereocenters. The number of amides is 1. The zero-order chi connectivity index (χ0) is 20.9. The summed E-state index contributed by atoms with van der Waals surface area (Å²) in [5.41, 5.74) is 5.90. The van der Waals surface area contributed by atoms with Crippen molar-refractivity contribution in [3.05, 3.63) is 42.2 Å². The van der Waals surface area contributed by atoms with Gasteiger partial charge >= 0.3 is 6.09 Å². The number of hydrazine groups is 1. The van der Waals surface area contributed by atoms with E-state index in [1.165, 1.54) is 0 Å². The van der Waals surface area contributed by atoms with Gasteiger partial charge < -0.3 is 19.5 Å². The molecule has 0 aliphatic carbocycles. The summed E-state index contributed by atoms with van der Waals surface area (Å²) in [6.45, 7) is 5.30. The lowest BCUT2D eigenvalue weighted by Crippen LogP contribution is -2.50. The predicted molar refractivity (Wildman–Crippen MR) is 114 cm³/mol. The molecule has 0 spiro atoms. The first-order valence-corrected chi connectivity index (χ1v) is 10.0. The van der Waals surface area contributed by atoms with Crippen LogP contribution in [-0.4, -0.2) is 68.3 Å². The highest BCUT2D eigenvalue weighted by molar-refractivity contribution is 5.84. The number of nitrogens with one attached hydrogen (secondary N) is 2. The van der Waals surface area contributed by atoms with Gasteiger partial charge in [-0.2, -0.15) is 9.97 Å². The Morgan fingerprint density at radius 1 is 1.13 bits per heavy atom. The summed E-state index contributed by atoms with van der Waals surface area (Å²) in [6, 6.07) is 10.1. The van der Waals surface area contributed by atoms with Crippen LogP contribution in [-0.2, 0) is 18.3 Å². The number of carbonyl (C=O) groups excluding carboxylic acids is 1. The van der Waals surface area contributed by atoms with Crippen molar-refractivity contribution in [1.82, 2.24) is 29.4 Å². The number of nitrogens with zero attached hydrogens (tertiary/aromatic N) is 6. The van der Waals surface area contributed by atoms with Crippen LogP contribution in [0.3, 0.4) is 0 Å². The van der Waals surface area contributed by atoms with Gasteiger partial charge in [-0.3, -0.25) is 5.43 Å². The fraction of sp³-hybridized carbons (Fsp3) is 0.400. The van der Waals surface area contributed by atoms with Crippen molar-refractivity contribution in [1.29, 1.82) is 0 Å². The molecule has 2 N–H and O–H groups in total. The molecule has 30 heavy (non-hydrogen) atoms. The summed E-state index contributed by atoms with van der Waals surface area (Å²) in [5, 5.41) is 5.38. The van der Waals surface area contributed by atoms with E-state index < -0.39 is 0 Å². The zero-order valence-corrected chi connectivity index (χ0v) is 17.2. The molecule has 1 saturated heterocycles. The first-order valence-electron chi connectivity index (χ1n) is 10.0. The number of carbonyl (C=O) groups is 1. The Morgan fingerprint density at radius 2 is 1.90 bits per heavy atom. The number of hydrogen-bond donors (Lipinski definition) is 2. The topological polar surface area (TPSA) is 100 Å². The van der Waals surface area contributed by atoms with Gasteiger partial charge in [0, 0.05) is 39.8 Å². The highest BCUT2D eigenvalue weighted by atomic mass is 16.6. The van der Waals surface area contributed by atoms with Crippen molar-refractivity contribution in [2.45, 2.75) is 13.5 Å². The largest absolute Gasteiger partial charge is 0.450 e. The molecule has 4 rings (SSSR count). The van der Waals surface area contributed by atoms with Crippen molar-refractivity contribution in [2.24, 2.45) is 7.05 Å². The number of aromatic nitrogens is 4. The zero-order valence-electron chi connectivity index (χ0n) is 17.2. The van der Waals surface area contributed by atoms with Crippen LogP contribution in [0.15, 0.2) is 36.7 Å². The lowest BCUT2D eigenvalue weighted by atomic mass is 10.2. The van der Waals surface area contributed by atoms with Gasteiger partial charge in [0.05, 0.1) is 12.9 Å². The molecule has 1 amide bonds. The minimum absolute atomic E-state index is 0.267.